The molecule has 6 heteroatoms. The number of benzene rings is 2. The van der Waals surface area contributed by atoms with Gasteiger partial charge < -0.3 is 15.5 Å². The highest BCUT2D eigenvalue weighted by molar-refractivity contribution is 6.35. The standard InChI is InChI=1S/C19H16Cl2N2O2/c20-11-7-13-14(9-22-10-15(13)16(21)8-11)12-3-1-2-4-17(12)23-18(24)5-6-19(23)25/h1-8,14,22,24-25H,9-10H2/t14-/m0/s1. The Morgan fingerprint density at radius 3 is 2.44 bits per heavy atom. The smallest absolute Gasteiger partial charge is 0.198 e. The fourth-order valence-corrected chi connectivity index (χ4v) is 4.07. The maximum atomic E-state index is 10.1. The number of hydrogen-bond acceptors (Lipinski definition) is 3. The third kappa shape index (κ3) is 2.76. The number of aromatic nitrogens is 1. The Kier molecular flexibility index (Phi) is 4.12. The van der Waals surface area contributed by atoms with E-state index >= 15 is 0 Å². The molecule has 1 aromatic heterocycles. The molecule has 128 valence electrons. The molecule has 4 nitrogen and oxygen atoms in total. The molecule has 0 bridgehead atoms. The zero-order chi connectivity index (χ0) is 17.6. The first-order valence-electron chi connectivity index (χ1n) is 7.93. The van der Waals surface area contributed by atoms with Gasteiger partial charge in [-0.2, -0.15) is 0 Å². The van der Waals surface area contributed by atoms with Crippen LogP contribution in [0.3, 0.4) is 0 Å². The lowest BCUT2D eigenvalue weighted by molar-refractivity contribution is 0.401. The molecular weight excluding hydrogens is 359 g/mol. The van der Waals surface area contributed by atoms with Gasteiger partial charge in [0, 0.05) is 41.2 Å². The minimum atomic E-state index is -0.0157. The van der Waals surface area contributed by atoms with Gasteiger partial charge in [0.2, 0.25) is 0 Å². The summed E-state index contributed by atoms with van der Waals surface area (Å²) in [6, 6.07) is 14.3. The van der Waals surface area contributed by atoms with E-state index in [1.54, 1.807) is 6.07 Å². The van der Waals surface area contributed by atoms with Crippen molar-refractivity contribution in [3.05, 3.63) is 75.3 Å². The summed E-state index contributed by atoms with van der Waals surface area (Å²) in [7, 11) is 0. The van der Waals surface area contributed by atoms with Crippen LogP contribution in [0.1, 0.15) is 22.6 Å². The van der Waals surface area contributed by atoms with Gasteiger partial charge in [0.1, 0.15) is 0 Å². The molecule has 1 aliphatic rings. The molecule has 3 aromatic rings. The molecule has 0 aliphatic carbocycles. The van der Waals surface area contributed by atoms with E-state index in [2.05, 4.69) is 5.32 Å². The Hall–Kier alpha value is -2.14. The lowest BCUT2D eigenvalue weighted by atomic mass is 9.84. The quantitative estimate of drug-likeness (QED) is 0.621. The molecular formula is C19H16Cl2N2O2. The van der Waals surface area contributed by atoms with Gasteiger partial charge in [-0.1, -0.05) is 41.4 Å². The summed E-state index contributed by atoms with van der Waals surface area (Å²) < 4.78 is 1.43. The van der Waals surface area contributed by atoms with Crippen molar-refractivity contribution in [3.63, 3.8) is 0 Å². The molecule has 0 radical (unpaired) electrons. The number of halogens is 2. The van der Waals surface area contributed by atoms with E-state index in [1.807, 2.05) is 30.3 Å². The van der Waals surface area contributed by atoms with Gasteiger partial charge in [-0.25, -0.2) is 0 Å². The second-order valence-corrected chi connectivity index (χ2v) is 6.93. The van der Waals surface area contributed by atoms with Crippen LogP contribution in [0.25, 0.3) is 5.69 Å². The second kappa shape index (κ2) is 6.30. The lowest BCUT2D eigenvalue weighted by Gasteiger charge is -2.29. The number of nitrogens with one attached hydrogen (secondary N) is 1. The SMILES string of the molecule is Oc1ccc(O)n1-c1ccccc1[C@@H]1CNCc2c(Cl)cc(Cl)cc21. The summed E-state index contributed by atoms with van der Waals surface area (Å²) in [5, 5.41) is 24.9. The van der Waals surface area contributed by atoms with Gasteiger partial charge in [0.15, 0.2) is 11.8 Å². The summed E-state index contributed by atoms with van der Waals surface area (Å²) in [6.07, 6.45) is 0. The van der Waals surface area contributed by atoms with Gasteiger partial charge in [-0.15, -0.1) is 0 Å². The second-order valence-electron chi connectivity index (χ2n) is 6.08. The Balaban J connectivity index is 1.92. The Morgan fingerprint density at radius 2 is 1.68 bits per heavy atom. The van der Waals surface area contributed by atoms with Gasteiger partial charge in [0.25, 0.3) is 0 Å². The van der Waals surface area contributed by atoms with Crippen LogP contribution in [0.5, 0.6) is 11.8 Å². The average Bonchev–Trinajstić information content (AvgIpc) is 2.93. The average molecular weight is 375 g/mol. The minimum absolute atomic E-state index is 0.00245. The molecule has 1 aliphatic heterocycles. The van der Waals surface area contributed by atoms with E-state index in [1.165, 1.54) is 16.7 Å². The number of para-hydroxylation sites is 1. The van der Waals surface area contributed by atoms with E-state index < -0.39 is 0 Å². The normalized spacial score (nSPS) is 16.6. The molecule has 2 aromatic carbocycles. The fourth-order valence-electron chi connectivity index (χ4n) is 3.50. The first-order chi connectivity index (χ1) is 12.1. The molecule has 0 unspecified atom stereocenters. The predicted octanol–water partition coefficient (Wildman–Crippen LogP) is 4.43. The van der Waals surface area contributed by atoms with E-state index in [0.29, 0.717) is 23.1 Å². The Labute approximate surface area is 155 Å². The molecule has 0 fully saturated rings. The van der Waals surface area contributed by atoms with Crippen LogP contribution in [-0.4, -0.2) is 21.3 Å². The van der Waals surface area contributed by atoms with Crippen LogP contribution < -0.4 is 5.32 Å². The summed E-state index contributed by atoms with van der Waals surface area (Å²) in [5.41, 5.74) is 3.78. The summed E-state index contributed by atoms with van der Waals surface area (Å²) in [5.74, 6) is -0.0338. The fraction of sp³-hybridized carbons (Fsp3) is 0.158. The molecule has 0 saturated heterocycles. The zero-order valence-electron chi connectivity index (χ0n) is 13.2. The van der Waals surface area contributed by atoms with Crippen LogP contribution in [-0.2, 0) is 6.54 Å². The number of rotatable bonds is 2. The largest absolute Gasteiger partial charge is 0.494 e. The van der Waals surface area contributed by atoms with E-state index in [0.717, 1.165) is 22.4 Å². The molecule has 0 amide bonds. The summed E-state index contributed by atoms with van der Waals surface area (Å²) in [6.45, 7) is 1.40. The Morgan fingerprint density at radius 1 is 0.960 bits per heavy atom. The first-order valence-corrected chi connectivity index (χ1v) is 8.69. The monoisotopic (exact) mass is 374 g/mol. The maximum absolute atomic E-state index is 10.1. The van der Waals surface area contributed by atoms with Gasteiger partial charge >= 0.3 is 0 Å². The predicted molar refractivity (Wildman–Crippen MR) is 99.1 cm³/mol. The maximum Gasteiger partial charge on any atom is 0.198 e. The highest BCUT2D eigenvalue weighted by atomic mass is 35.5. The lowest BCUT2D eigenvalue weighted by Crippen LogP contribution is -2.29. The van der Waals surface area contributed by atoms with Crippen molar-refractivity contribution < 1.29 is 10.2 Å². The van der Waals surface area contributed by atoms with Crippen molar-refractivity contribution in [1.29, 1.82) is 0 Å². The molecule has 0 spiro atoms. The van der Waals surface area contributed by atoms with Crippen molar-refractivity contribution >= 4 is 23.2 Å². The first kappa shape index (κ1) is 16.3. The highest BCUT2D eigenvalue weighted by Crippen LogP contribution is 2.39. The Bertz CT molecular complexity index is 933. The van der Waals surface area contributed by atoms with Gasteiger partial charge in [0.05, 0.1) is 5.69 Å². The van der Waals surface area contributed by atoms with Crippen molar-refractivity contribution in [2.45, 2.75) is 12.5 Å². The summed E-state index contributed by atoms with van der Waals surface area (Å²) in [4.78, 5) is 0. The molecule has 3 N–H and O–H groups in total. The van der Waals surface area contributed by atoms with Crippen molar-refractivity contribution in [2.24, 2.45) is 0 Å². The number of hydrogen-bond donors (Lipinski definition) is 3. The molecule has 2 heterocycles. The van der Waals surface area contributed by atoms with Gasteiger partial charge in [-0.3, -0.25) is 4.57 Å². The summed E-state index contributed by atoms with van der Waals surface area (Å²) >= 11 is 12.6. The van der Waals surface area contributed by atoms with Crippen LogP contribution in [0.15, 0.2) is 48.5 Å². The van der Waals surface area contributed by atoms with E-state index in [9.17, 15) is 10.2 Å². The minimum Gasteiger partial charge on any atom is -0.494 e. The zero-order valence-corrected chi connectivity index (χ0v) is 14.7. The number of aromatic hydroxyl groups is 2. The van der Waals surface area contributed by atoms with Crippen LogP contribution in [0.2, 0.25) is 10.0 Å². The topological polar surface area (TPSA) is 57.4 Å². The van der Waals surface area contributed by atoms with Crippen molar-refractivity contribution in [3.8, 4) is 17.4 Å². The number of nitrogens with zero attached hydrogens (tertiary/aromatic N) is 1. The van der Waals surface area contributed by atoms with E-state index in [-0.39, 0.29) is 17.7 Å². The molecule has 1 atom stereocenters. The number of fused-ring (bicyclic) bond motifs is 1. The molecule has 4 rings (SSSR count). The van der Waals surface area contributed by atoms with Crippen LogP contribution in [0, 0.1) is 0 Å². The van der Waals surface area contributed by atoms with Gasteiger partial charge in [-0.05, 0) is 34.9 Å². The van der Waals surface area contributed by atoms with E-state index in [4.69, 9.17) is 23.2 Å². The molecule has 25 heavy (non-hydrogen) atoms. The third-order valence-electron chi connectivity index (χ3n) is 4.61. The highest BCUT2D eigenvalue weighted by Gasteiger charge is 2.27. The third-order valence-corrected chi connectivity index (χ3v) is 5.17. The van der Waals surface area contributed by atoms with Crippen molar-refractivity contribution in [1.82, 2.24) is 9.88 Å². The van der Waals surface area contributed by atoms with Crippen molar-refractivity contribution in [2.75, 3.05) is 6.54 Å². The molecule has 0 saturated carbocycles. The van der Waals surface area contributed by atoms with Crippen LogP contribution >= 0.6 is 23.2 Å². The van der Waals surface area contributed by atoms with Crippen LogP contribution in [0.4, 0.5) is 0 Å².